The molecule has 0 saturated carbocycles. The maximum Gasteiger partial charge on any atom is 0.274 e. The molecule has 1 heterocycles. The summed E-state index contributed by atoms with van der Waals surface area (Å²) < 4.78 is 0. The van der Waals surface area contributed by atoms with E-state index in [1.54, 1.807) is 24.4 Å². The zero-order valence-corrected chi connectivity index (χ0v) is 13.6. The van der Waals surface area contributed by atoms with Crippen molar-refractivity contribution >= 4 is 29.1 Å². The van der Waals surface area contributed by atoms with Gasteiger partial charge in [0.15, 0.2) is 0 Å². The highest BCUT2D eigenvalue weighted by molar-refractivity contribution is 6.31. The zero-order chi connectivity index (χ0) is 16.1. The first kappa shape index (κ1) is 16.2. The Labute approximate surface area is 135 Å². The minimum Gasteiger partial charge on any atom is -0.352 e. The summed E-state index contributed by atoms with van der Waals surface area (Å²) in [7, 11) is 0. The molecule has 5 nitrogen and oxygen atoms in total. The first-order valence-corrected chi connectivity index (χ1v) is 7.54. The van der Waals surface area contributed by atoms with E-state index in [-0.39, 0.29) is 11.9 Å². The van der Waals surface area contributed by atoms with Gasteiger partial charge in [-0.15, -0.1) is 0 Å². The lowest BCUT2D eigenvalue weighted by atomic mass is 10.2. The fourth-order valence-electron chi connectivity index (χ4n) is 1.74. The number of amides is 1. The third-order valence-electron chi connectivity index (χ3n) is 3.31. The van der Waals surface area contributed by atoms with Gasteiger partial charge in [0.2, 0.25) is 5.95 Å². The van der Waals surface area contributed by atoms with Crippen molar-refractivity contribution in [2.45, 2.75) is 33.2 Å². The van der Waals surface area contributed by atoms with Crippen LogP contribution in [0.3, 0.4) is 0 Å². The Morgan fingerprint density at radius 1 is 1.36 bits per heavy atom. The number of rotatable bonds is 5. The Kier molecular flexibility index (Phi) is 5.33. The van der Waals surface area contributed by atoms with Gasteiger partial charge in [-0.1, -0.05) is 24.6 Å². The van der Waals surface area contributed by atoms with E-state index in [0.29, 0.717) is 22.4 Å². The average molecular weight is 319 g/mol. The maximum atomic E-state index is 12.2. The van der Waals surface area contributed by atoms with Crippen molar-refractivity contribution in [1.82, 2.24) is 9.97 Å². The second kappa shape index (κ2) is 7.22. The molecule has 1 aromatic carbocycles. The SMILES string of the molecule is CCC(C)Nc1nccc(C(=O)Nc2ccc(C)c(Cl)c2)n1. The Morgan fingerprint density at radius 2 is 2.14 bits per heavy atom. The number of carbonyl (C=O) groups is 1. The van der Waals surface area contributed by atoms with Crippen LogP contribution in [-0.2, 0) is 0 Å². The third-order valence-corrected chi connectivity index (χ3v) is 3.71. The lowest BCUT2D eigenvalue weighted by Gasteiger charge is -2.12. The molecular formula is C16H19ClN4O. The number of aryl methyl sites for hydroxylation is 1. The summed E-state index contributed by atoms with van der Waals surface area (Å²) in [5.41, 5.74) is 1.90. The molecule has 1 amide bonds. The summed E-state index contributed by atoms with van der Waals surface area (Å²) in [6.07, 6.45) is 2.51. The molecule has 1 atom stereocenters. The van der Waals surface area contributed by atoms with Gasteiger partial charge in [-0.3, -0.25) is 4.79 Å². The van der Waals surface area contributed by atoms with Crippen LogP contribution in [0.1, 0.15) is 36.3 Å². The van der Waals surface area contributed by atoms with Gasteiger partial charge in [-0.05, 0) is 44.0 Å². The first-order valence-electron chi connectivity index (χ1n) is 7.16. The van der Waals surface area contributed by atoms with Gasteiger partial charge in [0.25, 0.3) is 5.91 Å². The molecule has 2 N–H and O–H groups in total. The summed E-state index contributed by atoms with van der Waals surface area (Å²) in [6.45, 7) is 6.00. The van der Waals surface area contributed by atoms with E-state index in [9.17, 15) is 4.79 Å². The number of nitrogens with one attached hydrogen (secondary N) is 2. The van der Waals surface area contributed by atoms with Crippen LogP contribution in [0, 0.1) is 6.92 Å². The number of carbonyl (C=O) groups excluding carboxylic acids is 1. The number of benzene rings is 1. The molecule has 0 saturated heterocycles. The number of hydrogen-bond acceptors (Lipinski definition) is 4. The number of aromatic nitrogens is 2. The van der Waals surface area contributed by atoms with Gasteiger partial charge in [0.05, 0.1) is 0 Å². The molecule has 22 heavy (non-hydrogen) atoms. The summed E-state index contributed by atoms with van der Waals surface area (Å²) in [5.74, 6) is 0.151. The standard InChI is InChI=1S/C16H19ClN4O/c1-4-11(3)19-16-18-8-7-14(21-16)15(22)20-12-6-5-10(2)13(17)9-12/h5-9,11H,4H2,1-3H3,(H,20,22)(H,18,19,21). The van der Waals surface area contributed by atoms with Crippen molar-refractivity contribution in [3.05, 3.63) is 46.7 Å². The predicted molar refractivity (Wildman–Crippen MR) is 89.5 cm³/mol. The van der Waals surface area contributed by atoms with Crippen LogP contribution >= 0.6 is 11.6 Å². The van der Waals surface area contributed by atoms with Gasteiger partial charge >= 0.3 is 0 Å². The van der Waals surface area contributed by atoms with Crippen LogP contribution in [0.2, 0.25) is 5.02 Å². The molecule has 0 radical (unpaired) electrons. The monoisotopic (exact) mass is 318 g/mol. The van der Waals surface area contributed by atoms with Crippen molar-refractivity contribution in [1.29, 1.82) is 0 Å². The van der Waals surface area contributed by atoms with E-state index in [4.69, 9.17) is 11.6 Å². The van der Waals surface area contributed by atoms with Gasteiger partial charge < -0.3 is 10.6 Å². The van der Waals surface area contributed by atoms with Crippen molar-refractivity contribution in [3.8, 4) is 0 Å². The number of halogens is 1. The van der Waals surface area contributed by atoms with E-state index in [0.717, 1.165) is 12.0 Å². The van der Waals surface area contributed by atoms with Crippen LogP contribution in [0.5, 0.6) is 0 Å². The number of nitrogens with zero attached hydrogens (tertiary/aromatic N) is 2. The quantitative estimate of drug-likeness (QED) is 0.877. The van der Waals surface area contributed by atoms with Crippen LogP contribution in [0.4, 0.5) is 11.6 Å². The van der Waals surface area contributed by atoms with Crippen LogP contribution in [-0.4, -0.2) is 21.9 Å². The number of hydrogen-bond donors (Lipinski definition) is 2. The molecule has 2 aromatic rings. The largest absolute Gasteiger partial charge is 0.352 e. The minimum atomic E-state index is -0.297. The van der Waals surface area contributed by atoms with Crippen molar-refractivity contribution < 1.29 is 4.79 Å². The Bertz CT molecular complexity index is 675. The molecule has 6 heteroatoms. The molecule has 1 aromatic heterocycles. The first-order chi connectivity index (χ1) is 10.5. The summed E-state index contributed by atoms with van der Waals surface area (Å²) in [5, 5.41) is 6.53. The van der Waals surface area contributed by atoms with Crippen molar-refractivity contribution in [3.63, 3.8) is 0 Å². The topological polar surface area (TPSA) is 66.9 Å². The molecule has 2 rings (SSSR count). The van der Waals surface area contributed by atoms with Gasteiger partial charge in [0, 0.05) is 22.9 Å². The second-order valence-corrected chi connectivity index (χ2v) is 5.54. The van der Waals surface area contributed by atoms with Crippen LogP contribution < -0.4 is 10.6 Å². The van der Waals surface area contributed by atoms with E-state index in [1.165, 1.54) is 0 Å². The fourth-order valence-corrected chi connectivity index (χ4v) is 1.92. The Balaban J connectivity index is 2.12. The van der Waals surface area contributed by atoms with Crippen LogP contribution in [0.25, 0.3) is 0 Å². The number of anilines is 2. The average Bonchev–Trinajstić information content (AvgIpc) is 2.51. The van der Waals surface area contributed by atoms with Crippen molar-refractivity contribution in [2.75, 3.05) is 10.6 Å². The molecular weight excluding hydrogens is 300 g/mol. The third kappa shape index (κ3) is 4.18. The molecule has 0 spiro atoms. The summed E-state index contributed by atoms with van der Waals surface area (Å²) >= 11 is 6.05. The molecule has 1 unspecified atom stereocenters. The van der Waals surface area contributed by atoms with E-state index >= 15 is 0 Å². The molecule has 0 fully saturated rings. The zero-order valence-electron chi connectivity index (χ0n) is 12.9. The van der Waals surface area contributed by atoms with Crippen molar-refractivity contribution in [2.24, 2.45) is 0 Å². The Morgan fingerprint density at radius 3 is 2.82 bits per heavy atom. The highest BCUT2D eigenvalue weighted by Crippen LogP contribution is 2.20. The molecule has 0 aliphatic rings. The smallest absolute Gasteiger partial charge is 0.274 e. The van der Waals surface area contributed by atoms with E-state index in [2.05, 4.69) is 27.5 Å². The lowest BCUT2D eigenvalue weighted by molar-refractivity contribution is 0.102. The maximum absolute atomic E-state index is 12.2. The summed E-state index contributed by atoms with van der Waals surface area (Å²) in [4.78, 5) is 20.6. The highest BCUT2D eigenvalue weighted by atomic mass is 35.5. The molecule has 116 valence electrons. The van der Waals surface area contributed by atoms with E-state index in [1.807, 2.05) is 19.9 Å². The van der Waals surface area contributed by atoms with Gasteiger partial charge in [-0.25, -0.2) is 9.97 Å². The lowest BCUT2D eigenvalue weighted by Crippen LogP contribution is -2.19. The molecule has 0 aliphatic carbocycles. The van der Waals surface area contributed by atoms with Gasteiger partial charge in [0.1, 0.15) is 5.69 Å². The predicted octanol–water partition coefficient (Wildman–Crippen LogP) is 3.90. The minimum absolute atomic E-state index is 0.245. The normalized spacial score (nSPS) is 11.8. The summed E-state index contributed by atoms with van der Waals surface area (Å²) in [6, 6.07) is 7.20. The fraction of sp³-hybridized carbons (Fsp3) is 0.312. The van der Waals surface area contributed by atoms with E-state index < -0.39 is 0 Å². The second-order valence-electron chi connectivity index (χ2n) is 5.14. The van der Waals surface area contributed by atoms with Gasteiger partial charge in [-0.2, -0.15) is 0 Å². The molecule has 0 aliphatic heterocycles. The molecule has 0 bridgehead atoms. The Hall–Kier alpha value is -2.14. The van der Waals surface area contributed by atoms with Crippen LogP contribution in [0.15, 0.2) is 30.5 Å². The highest BCUT2D eigenvalue weighted by Gasteiger charge is 2.10.